The maximum atomic E-state index is 10.6. The van der Waals surface area contributed by atoms with Crippen LogP contribution in [-0.2, 0) is 14.3 Å². The number of carbonyl (C=O) groups is 2. The maximum Gasteiger partial charge on any atom is 0.307 e. The third-order valence-electron chi connectivity index (χ3n) is 1.66. The van der Waals surface area contributed by atoms with Crippen LogP contribution in [0.15, 0.2) is 0 Å². The molecule has 4 heteroatoms. The normalized spacial score (nSPS) is 14.9. The van der Waals surface area contributed by atoms with Gasteiger partial charge in [-0.15, -0.1) is 0 Å². The summed E-state index contributed by atoms with van der Waals surface area (Å²) in [5, 5.41) is 8.50. The van der Waals surface area contributed by atoms with Gasteiger partial charge in [-0.3, -0.25) is 9.59 Å². The van der Waals surface area contributed by atoms with Crippen molar-refractivity contribution in [3.8, 4) is 0 Å². The van der Waals surface area contributed by atoms with Crippen molar-refractivity contribution in [2.24, 2.45) is 0 Å². The number of aliphatic carboxylic acids is 1. The minimum atomic E-state index is -0.958. The molecular formula is C8H14O4. The fourth-order valence-corrected chi connectivity index (χ4v) is 0.900. The smallest absolute Gasteiger partial charge is 0.307 e. The first kappa shape index (κ1) is 10.9. The van der Waals surface area contributed by atoms with Crippen molar-refractivity contribution >= 4 is 11.9 Å². The molecule has 0 amide bonds. The average molecular weight is 174 g/mol. The van der Waals surface area contributed by atoms with Gasteiger partial charge in [-0.05, 0) is 13.3 Å². The Morgan fingerprint density at radius 3 is 2.25 bits per heavy atom. The number of hydrogen-bond donors (Lipinski definition) is 1. The van der Waals surface area contributed by atoms with Gasteiger partial charge in [0.05, 0.1) is 6.42 Å². The van der Waals surface area contributed by atoms with E-state index in [0.29, 0.717) is 6.42 Å². The molecule has 0 heterocycles. The van der Waals surface area contributed by atoms with E-state index in [2.05, 4.69) is 0 Å². The maximum absolute atomic E-state index is 10.6. The Bertz CT molecular complexity index is 169. The first-order chi connectivity index (χ1) is 5.39. The first-order valence-corrected chi connectivity index (χ1v) is 3.81. The van der Waals surface area contributed by atoms with E-state index in [4.69, 9.17) is 9.84 Å². The summed E-state index contributed by atoms with van der Waals surface area (Å²) in [6, 6.07) is 0. The lowest BCUT2D eigenvalue weighted by Gasteiger charge is -2.25. The molecule has 1 N–H and O–H groups in total. The van der Waals surface area contributed by atoms with Gasteiger partial charge in [-0.1, -0.05) is 6.92 Å². The molecule has 0 fully saturated rings. The zero-order chi connectivity index (χ0) is 9.78. The molecule has 0 aliphatic heterocycles. The molecular weight excluding hydrogens is 160 g/mol. The van der Waals surface area contributed by atoms with Gasteiger partial charge in [0.1, 0.15) is 5.60 Å². The predicted molar refractivity (Wildman–Crippen MR) is 42.7 cm³/mol. The zero-order valence-electron chi connectivity index (χ0n) is 7.59. The summed E-state index contributed by atoms with van der Waals surface area (Å²) in [4.78, 5) is 20.9. The van der Waals surface area contributed by atoms with Gasteiger partial charge >= 0.3 is 11.9 Å². The van der Waals surface area contributed by atoms with Crippen LogP contribution in [0.3, 0.4) is 0 Å². The van der Waals surface area contributed by atoms with Crippen LogP contribution < -0.4 is 0 Å². The first-order valence-electron chi connectivity index (χ1n) is 3.81. The second kappa shape index (κ2) is 4.09. The summed E-state index contributed by atoms with van der Waals surface area (Å²) < 4.78 is 4.88. The quantitative estimate of drug-likeness (QED) is 0.650. The number of hydrogen-bond acceptors (Lipinski definition) is 3. The van der Waals surface area contributed by atoms with E-state index in [9.17, 15) is 9.59 Å². The van der Waals surface area contributed by atoms with E-state index in [1.165, 1.54) is 6.92 Å². The molecule has 0 saturated heterocycles. The molecule has 0 rings (SSSR count). The fourth-order valence-electron chi connectivity index (χ4n) is 0.900. The lowest BCUT2D eigenvalue weighted by Crippen LogP contribution is -2.32. The largest absolute Gasteiger partial charge is 0.481 e. The molecule has 1 atom stereocenters. The third-order valence-corrected chi connectivity index (χ3v) is 1.66. The highest BCUT2D eigenvalue weighted by molar-refractivity contribution is 5.70. The van der Waals surface area contributed by atoms with Crippen LogP contribution in [0, 0.1) is 0 Å². The highest BCUT2D eigenvalue weighted by Gasteiger charge is 2.28. The highest BCUT2D eigenvalue weighted by Crippen LogP contribution is 2.19. The molecule has 0 aromatic carbocycles. The van der Waals surface area contributed by atoms with Crippen LogP contribution in [0.4, 0.5) is 0 Å². The predicted octanol–water partition coefficient (Wildman–Crippen LogP) is 1.19. The number of esters is 1. The van der Waals surface area contributed by atoms with E-state index >= 15 is 0 Å². The average Bonchev–Trinajstić information content (AvgIpc) is 1.83. The van der Waals surface area contributed by atoms with Crippen molar-refractivity contribution in [1.29, 1.82) is 0 Å². The van der Waals surface area contributed by atoms with Crippen LogP contribution in [-0.4, -0.2) is 22.6 Å². The van der Waals surface area contributed by atoms with E-state index < -0.39 is 17.5 Å². The Hall–Kier alpha value is -1.06. The molecule has 0 aliphatic carbocycles. The monoisotopic (exact) mass is 174 g/mol. The Labute approximate surface area is 71.5 Å². The standard InChI is InChI=1S/C8H14O4/c1-4-8(3,5-7(10)11)12-6(2)9/h4-5H2,1-3H3,(H,10,11). The zero-order valence-corrected chi connectivity index (χ0v) is 7.59. The van der Waals surface area contributed by atoms with Gasteiger partial charge in [-0.2, -0.15) is 0 Å². The third kappa shape index (κ3) is 3.95. The molecule has 4 nitrogen and oxygen atoms in total. The molecule has 12 heavy (non-hydrogen) atoms. The number of carbonyl (C=O) groups excluding carboxylic acids is 1. The summed E-state index contributed by atoms with van der Waals surface area (Å²) in [7, 11) is 0. The minimum Gasteiger partial charge on any atom is -0.481 e. The summed E-state index contributed by atoms with van der Waals surface area (Å²) in [6.45, 7) is 4.67. The Morgan fingerprint density at radius 2 is 2.00 bits per heavy atom. The van der Waals surface area contributed by atoms with Gasteiger partial charge in [0.25, 0.3) is 0 Å². The van der Waals surface area contributed by atoms with Crippen LogP contribution in [0.2, 0.25) is 0 Å². The van der Waals surface area contributed by atoms with E-state index in [1.807, 2.05) is 0 Å². The second-order valence-corrected chi connectivity index (χ2v) is 2.97. The van der Waals surface area contributed by atoms with Gasteiger partial charge < -0.3 is 9.84 Å². The van der Waals surface area contributed by atoms with Gasteiger partial charge in [0.2, 0.25) is 0 Å². The molecule has 70 valence electrons. The van der Waals surface area contributed by atoms with E-state index in [-0.39, 0.29) is 6.42 Å². The topological polar surface area (TPSA) is 63.6 Å². The Kier molecular flexibility index (Phi) is 3.73. The van der Waals surface area contributed by atoms with E-state index in [1.54, 1.807) is 13.8 Å². The van der Waals surface area contributed by atoms with Crippen molar-refractivity contribution in [1.82, 2.24) is 0 Å². The van der Waals surface area contributed by atoms with Crippen LogP contribution in [0.5, 0.6) is 0 Å². The molecule has 0 bridgehead atoms. The lowest BCUT2D eigenvalue weighted by atomic mass is 9.99. The SMILES string of the molecule is CCC(C)(CC(=O)O)OC(C)=O. The number of rotatable bonds is 4. The molecule has 1 unspecified atom stereocenters. The molecule has 0 aliphatic rings. The molecule has 0 radical (unpaired) electrons. The van der Waals surface area contributed by atoms with Gasteiger partial charge in [0, 0.05) is 6.92 Å². The summed E-state index contributed by atoms with van der Waals surface area (Å²) >= 11 is 0. The van der Waals surface area contributed by atoms with Crippen LogP contribution in [0.1, 0.15) is 33.6 Å². The summed E-state index contributed by atoms with van der Waals surface area (Å²) in [5.41, 5.74) is -0.863. The van der Waals surface area contributed by atoms with Crippen LogP contribution >= 0.6 is 0 Å². The molecule has 0 aromatic rings. The molecule has 0 aromatic heterocycles. The van der Waals surface area contributed by atoms with Crippen molar-refractivity contribution in [3.63, 3.8) is 0 Å². The summed E-state index contributed by atoms with van der Waals surface area (Å²) in [5.74, 6) is -1.40. The summed E-state index contributed by atoms with van der Waals surface area (Å²) in [6.07, 6.45) is 0.349. The number of carboxylic acids is 1. The molecule has 0 spiro atoms. The van der Waals surface area contributed by atoms with Gasteiger partial charge in [-0.25, -0.2) is 0 Å². The Balaban J connectivity index is 4.23. The second-order valence-electron chi connectivity index (χ2n) is 2.97. The van der Waals surface area contributed by atoms with Crippen LogP contribution in [0.25, 0.3) is 0 Å². The van der Waals surface area contributed by atoms with Crippen molar-refractivity contribution in [2.45, 2.75) is 39.2 Å². The highest BCUT2D eigenvalue weighted by atomic mass is 16.6. The number of carboxylic acid groups (broad SMARTS) is 1. The lowest BCUT2D eigenvalue weighted by molar-refractivity contribution is -0.161. The van der Waals surface area contributed by atoms with Crippen molar-refractivity contribution in [2.75, 3.05) is 0 Å². The Morgan fingerprint density at radius 1 is 1.50 bits per heavy atom. The number of ether oxygens (including phenoxy) is 1. The van der Waals surface area contributed by atoms with Crippen molar-refractivity contribution in [3.05, 3.63) is 0 Å². The van der Waals surface area contributed by atoms with E-state index in [0.717, 1.165) is 0 Å². The van der Waals surface area contributed by atoms with Crippen molar-refractivity contribution < 1.29 is 19.4 Å². The minimum absolute atomic E-state index is 0.150. The fraction of sp³-hybridized carbons (Fsp3) is 0.750. The van der Waals surface area contributed by atoms with Gasteiger partial charge in [0.15, 0.2) is 0 Å². The molecule has 0 saturated carbocycles.